The van der Waals surface area contributed by atoms with E-state index in [0.29, 0.717) is 17.0 Å². The third-order valence-electron chi connectivity index (χ3n) is 2.57. The highest BCUT2D eigenvalue weighted by atomic mass is 16.1. The fourth-order valence-electron chi connectivity index (χ4n) is 1.76. The molecule has 0 spiro atoms. The largest absolute Gasteiger partial charge is 0.364 e. The Kier molecular flexibility index (Phi) is 2.12. The van der Waals surface area contributed by atoms with E-state index in [9.17, 15) is 4.79 Å². The van der Waals surface area contributed by atoms with E-state index in [1.165, 1.54) is 0 Å². The fraction of sp³-hybridized carbons (Fsp3) is 0.0909. The molecule has 90 valence electrons. The Morgan fingerprint density at radius 2 is 2.28 bits per heavy atom. The van der Waals surface area contributed by atoms with Gasteiger partial charge in [-0.05, 0) is 13.0 Å². The van der Waals surface area contributed by atoms with E-state index < -0.39 is 5.91 Å². The molecule has 18 heavy (non-hydrogen) atoms. The van der Waals surface area contributed by atoms with Crippen molar-refractivity contribution in [3.63, 3.8) is 0 Å². The van der Waals surface area contributed by atoms with Gasteiger partial charge in [-0.2, -0.15) is 0 Å². The second-order valence-corrected chi connectivity index (χ2v) is 3.90. The first-order chi connectivity index (χ1) is 8.65. The Morgan fingerprint density at radius 3 is 2.94 bits per heavy atom. The first-order valence-corrected chi connectivity index (χ1v) is 5.31. The van der Waals surface area contributed by atoms with Gasteiger partial charge in [0.15, 0.2) is 5.69 Å². The molecule has 0 bridgehead atoms. The lowest BCUT2D eigenvalue weighted by atomic mass is 10.3. The minimum Gasteiger partial charge on any atom is -0.364 e. The second kappa shape index (κ2) is 3.66. The molecule has 0 saturated carbocycles. The number of nitrogens with one attached hydrogen (secondary N) is 1. The van der Waals surface area contributed by atoms with E-state index in [2.05, 4.69) is 19.9 Å². The number of primary amides is 1. The Morgan fingerprint density at radius 1 is 1.44 bits per heavy atom. The summed E-state index contributed by atoms with van der Waals surface area (Å²) in [7, 11) is 0. The topological polar surface area (TPSA) is 102 Å². The standard InChI is InChI=1S/C11H10N6O/c1-6-4-17(5-14-6)11-15-7-2-3-13-8(7)9(16-11)10(12)18/h2-5,13H,1H3,(H2,12,18). The van der Waals surface area contributed by atoms with Crippen molar-refractivity contribution >= 4 is 16.9 Å². The molecule has 7 heteroatoms. The minimum absolute atomic E-state index is 0.173. The van der Waals surface area contributed by atoms with Crippen LogP contribution in [0.15, 0.2) is 24.8 Å². The number of carbonyl (C=O) groups is 1. The van der Waals surface area contributed by atoms with E-state index in [-0.39, 0.29) is 5.69 Å². The number of nitrogens with zero attached hydrogens (tertiary/aromatic N) is 4. The van der Waals surface area contributed by atoms with Crippen molar-refractivity contribution < 1.29 is 4.79 Å². The highest BCUT2D eigenvalue weighted by molar-refractivity contribution is 6.02. The number of aryl methyl sites for hydroxylation is 1. The van der Waals surface area contributed by atoms with Gasteiger partial charge in [-0.25, -0.2) is 15.0 Å². The maximum absolute atomic E-state index is 11.4. The van der Waals surface area contributed by atoms with Crippen molar-refractivity contribution in [1.29, 1.82) is 0 Å². The summed E-state index contributed by atoms with van der Waals surface area (Å²) in [6.45, 7) is 1.86. The lowest BCUT2D eigenvalue weighted by molar-refractivity contribution is 0.0997. The fourth-order valence-corrected chi connectivity index (χ4v) is 1.76. The van der Waals surface area contributed by atoms with Crippen LogP contribution in [0.25, 0.3) is 17.0 Å². The molecule has 0 aliphatic rings. The summed E-state index contributed by atoms with van der Waals surface area (Å²) in [6, 6.07) is 1.76. The summed E-state index contributed by atoms with van der Waals surface area (Å²) in [6.07, 6.45) is 5.06. The van der Waals surface area contributed by atoms with Gasteiger partial charge >= 0.3 is 0 Å². The molecule has 0 aliphatic carbocycles. The van der Waals surface area contributed by atoms with E-state index in [0.717, 1.165) is 5.69 Å². The second-order valence-electron chi connectivity index (χ2n) is 3.90. The lowest BCUT2D eigenvalue weighted by Crippen LogP contribution is -2.16. The molecular formula is C11H10N6O. The number of imidazole rings is 1. The average molecular weight is 242 g/mol. The molecule has 0 atom stereocenters. The molecule has 7 nitrogen and oxygen atoms in total. The number of aromatic amines is 1. The molecule has 1 amide bonds. The maximum Gasteiger partial charge on any atom is 0.269 e. The van der Waals surface area contributed by atoms with E-state index >= 15 is 0 Å². The van der Waals surface area contributed by atoms with Crippen LogP contribution in [-0.4, -0.2) is 30.4 Å². The van der Waals surface area contributed by atoms with Crippen LogP contribution >= 0.6 is 0 Å². The monoisotopic (exact) mass is 242 g/mol. The third-order valence-corrected chi connectivity index (χ3v) is 2.57. The van der Waals surface area contributed by atoms with Crippen molar-refractivity contribution in [1.82, 2.24) is 24.5 Å². The average Bonchev–Trinajstić information content (AvgIpc) is 2.95. The molecule has 0 unspecified atom stereocenters. The van der Waals surface area contributed by atoms with Crippen molar-refractivity contribution in [2.75, 3.05) is 0 Å². The summed E-state index contributed by atoms with van der Waals surface area (Å²) >= 11 is 0. The predicted octanol–water partition coefficient (Wildman–Crippen LogP) is 0.551. The van der Waals surface area contributed by atoms with Crippen LogP contribution in [0.2, 0.25) is 0 Å². The highest BCUT2D eigenvalue weighted by Gasteiger charge is 2.14. The smallest absolute Gasteiger partial charge is 0.269 e. The van der Waals surface area contributed by atoms with Crippen LogP contribution in [0.5, 0.6) is 0 Å². The molecule has 3 aromatic rings. The molecule has 3 N–H and O–H groups in total. The zero-order valence-electron chi connectivity index (χ0n) is 9.58. The number of H-pyrrole nitrogens is 1. The zero-order chi connectivity index (χ0) is 12.7. The summed E-state index contributed by atoms with van der Waals surface area (Å²) in [5, 5.41) is 0. The Labute approximate surface area is 102 Å². The molecule has 3 aromatic heterocycles. The Bertz CT molecular complexity index is 741. The first kappa shape index (κ1) is 10.5. The van der Waals surface area contributed by atoms with Crippen molar-refractivity contribution in [2.45, 2.75) is 6.92 Å². The minimum atomic E-state index is -0.595. The van der Waals surface area contributed by atoms with Crippen molar-refractivity contribution in [2.24, 2.45) is 5.73 Å². The van der Waals surface area contributed by atoms with Crippen LogP contribution in [0, 0.1) is 6.92 Å². The number of aromatic nitrogens is 5. The van der Waals surface area contributed by atoms with Gasteiger partial charge in [0.2, 0.25) is 5.95 Å². The van der Waals surface area contributed by atoms with Crippen LogP contribution in [0.3, 0.4) is 0 Å². The number of rotatable bonds is 2. The lowest BCUT2D eigenvalue weighted by Gasteiger charge is -2.03. The van der Waals surface area contributed by atoms with Crippen LogP contribution in [0.1, 0.15) is 16.2 Å². The number of fused-ring (bicyclic) bond motifs is 1. The van der Waals surface area contributed by atoms with E-state index in [1.807, 2.05) is 6.92 Å². The number of hydrogen-bond donors (Lipinski definition) is 2. The quantitative estimate of drug-likeness (QED) is 0.684. The summed E-state index contributed by atoms with van der Waals surface area (Å²) in [4.78, 5) is 26.9. The number of nitrogens with two attached hydrogens (primary N) is 1. The maximum atomic E-state index is 11.4. The molecule has 0 saturated heterocycles. The molecule has 3 rings (SSSR count). The van der Waals surface area contributed by atoms with Crippen LogP contribution in [-0.2, 0) is 0 Å². The predicted molar refractivity (Wildman–Crippen MR) is 64.3 cm³/mol. The van der Waals surface area contributed by atoms with Gasteiger partial charge in [-0.1, -0.05) is 0 Å². The molecule has 0 aliphatic heterocycles. The first-order valence-electron chi connectivity index (χ1n) is 5.31. The van der Waals surface area contributed by atoms with Gasteiger partial charge in [0.1, 0.15) is 6.33 Å². The van der Waals surface area contributed by atoms with Gasteiger partial charge in [0.05, 0.1) is 16.7 Å². The molecule has 0 aromatic carbocycles. The van der Waals surface area contributed by atoms with E-state index in [1.54, 1.807) is 29.4 Å². The van der Waals surface area contributed by atoms with E-state index in [4.69, 9.17) is 5.73 Å². The van der Waals surface area contributed by atoms with Crippen LogP contribution in [0.4, 0.5) is 0 Å². The van der Waals surface area contributed by atoms with Gasteiger partial charge in [-0.3, -0.25) is 9.36 Å². The van der Waals surface area contributed by atoms with Crippen molar-refractivity contribution in [3.05, 3.63) is 36.2 Å². The van der Waals surface area contributed by atoms with Gasteiger partial charge in [0.25, 0.3) is 5.91 Å². The van der Waals surface area contributed by atoms with Gasteiger partial charge in [0, 0.05) is 12.4 Å². The van der Waals surface area contributed by atoms with Gasteiger partial charge in [-0.15, -0.1) is 0 Å². The summed E-state index contributed by atoms with van der Waals surface area (Å²) in [5.41, 5.74) is 7.51. The zero-order valence-corrected chi connectivity index (χ0v) is 9.58. The third kappa shape index (κ3) is 1.53. The summed E-state index contributed by atoms with van der Waals surface area (Å²) in [5.74, 6) is -0.223. The van der Waals surface area contributed by atoms with Crippen molar-refractivity contribution in [3.8, 4) is 5.95 Å². The van der Waals surface area contributed by atoms with Crippen LogP contribution < -0.4 is 5.73 Å². The number of amides is 1. The normalized spacial score (nSPS) is 10.9. The SMILES string of the molecule is Cc1cn(-c2nc(C(N)=O)c3[nH]ccc3n2)cn1. The molecule has 3 heterocycles. The molecular weight excluding hydrogens is 232 g/mol. The summed E-state index contributed by atoms with van der Waals surface area (Å²) < 4.78 is 1.65. The van der Waals surface area contributed by atoms with Gasteiger partial charge < -0.3 is 10.7 Å². The number of carbonyl (C=O) groups excluding carboxylic acids is 1. The molecule has 0 fully saturated rings. The molecule has 0 radical (unpaired) electrons. The highest BCUT2D eigenvalue weighted by Crippen LogP contribution is 2.15. The number of hydrogen-bond acceptors (Lipinski definition) is 4. The Hall–Kier alpha value is -2.70. The Balaban J connectivity index is 2.27.